The molecular formula is C16H21F3N8O. The minimum atomic E-state index is -4.65. The van der Waals surface area contributed by atoms with Crippen molar-refractivity contribution in [2.24, 2.45) is 17.6 Å². The van der Waals surface area contributed by atoms with Gasteiger partial charge < -0.3 is 11.1 Å². The molecular weight excluding hydrogens is 377 g/mol. The Kier molecular flexibility index (Phi) is 4.60. The van der Waals surface area contributed by atoms with Gasteiger partial charge in [-0.05, 0) is 44.4 Å². The van der Waals surface area contributed by atoms with Crippen molar-refractivity contribution in [2.45, 2.75) is 57.3 Å². The second kappa shape index (κ2) is 6.83. The molecule has 2 aliphatic rings. The molecule has 2 aromatic rings. The molecule has 9 nitrogen and oxygen atoms in total. The smallest absolute Gasteiger partial charge is 0.346 e. The van der Waals surface area contributed by atoms with Crippen LogP contribution in [0.3, 0.4) is 0 Å². The number of nitrogens with two attached hydrogens (primary N) is 1. The third-order valence-electron chi connectivity index (χ3n) is 5.58. The lowest BCUT2D eigenvalue weighted by Crippen LogP contribution is -2.53. The average Bonchev–Trinajstić information content (AvgIpc) is 3.22. The molecule has 2 bridgehead atoms. The van der Waals surface area contributed by atoms with E-state index >= 15 is 0 Å². The quantitative estimate of drug-likeness (QED) is 0.716. The molecule has 0 aromatic carbocycles. The second-order valence-corrected chi connectivity index (χ2v) is 7.56. The van der Waals surface area contributed by atoms with Crippen LogP contribution in [0.25, 0.3) is 5.95 Å². The van der Waals surface area contributed by atoms with Gasteiger partial charge in [0.25, 0.3) is 11.9 Å². The van der Waals surface area contributed by atoms with Crippen LogP contribution in [-0.2, 0) is 6.18 Å². The summed E-state index contributed by atoms with van der Waals surface area (Å²) >= 11 is 0. The van der Waals surface area contributed by atoms with Crippen LogP contribution < -0.4 is 11.1 Å². The van der Waals surface area contributed by atoms with E-state index < -0.39 is 17.9 Å². The Bertz CT molecular complexity index is 862. The topological polar surface area (TPSA) is 127 Å². The lowest BCUT2D eigenvalue weighted by molar-refractivity contribution is -0.144. The molecule has 12 heteroatoms. The number of alkyl halides is 3. The lowest BCUT2D eigenvalue weighted by atomic mass is 9.67. The number of aryl methyl sites for hydroxylation is 1. The predicted octanol–water partition coefficient (Wildman–Crippen LogP) is 1.35. The van der Waals surface area contributed by atoms with E-state index in [1.54, 1.807) is 0 Å². The number of amides is 1. The van der Waals surface area contributed by atoms with Crippen molar-refractivity contribution in [1.82, 2.24) is 35.3 Å². The predicted molar refractivity (Wildman–Crippen MR) is 90.3 cm³/mol. The van der Waals surface area contributed by atoms with Crippen molar-refractivity contribution in [1.29, 1.82) is 0 Å². The first kappa shape index (κ1) is 18.8. The summed E-state index contributed by atoms with van der Waals surface area (Å²) < 4.78 is 39.1. The summed E-state index contributed by atoms with van der Waals surface area (Å²) in [5.74, 6) is -1.26. The zero-order chi connectivity index (χ0) is 20.1. The molecule has 2 heterocycles. The van der Waals surface area contributed by atoms with Gasteiger partial charge in [-0.3, -0.25) is 9.89 Å². The Morgan fingerprint density at radius 2 is 1.93 bits per heavy atom. The Balaban J connectivity index is 1.52. The fraction of sp³-hybridized carbons (Fsp3) is 0.688. The third-order valence-corrected chi connectivity index (χ3v) is 5.58. The maximum absolute atomic E-state index is 12.7. The largest absolute Gasteiger partial charge is 0.451 e. The van der Waals surface area contributed by atoms with Gasteiger partial charge in [-0.25, -0.2) is 4.98 Å². The van der Waals surface area contributed by atoms with Crippen molar-refractivity contribution in [3.05, 3.63) is 17.5 Å². The van der Waals surface area contributed by atoms with E-state index in [1.807, 2.05) is 5.10 Å². The number of aromatic amines is 1. The van der Waals surface area contributed by atoms with E-state index in [0.29, 0.717) is 11.8 Å². The van der Waals surface area contributed by atoms with Gasteiger partial charge in [-0.15, -0.1) is 10.2 Å². The summed E-state index contributed by atoms with van der Waals surface area (Å²) in [5, 5.41) is 12.4. The van der Waals surface area contributed by atoms with Crippen LogP contribution in [0.2, 0.25) is 0 Å². The zero-order valence-electron chi connectivity index (χ0n) is 15.2. The Labute approximate surface area is 158 Å². The lowest BCUT2D eigenvalue weighted by Gasteiger charge is -2.45. The maximum atomic E-state index is 12.7. The average molecular weight is 398 g/mol. The van der Waals surface area contributed by atoms with Crippen LogP contribution in [0.4, 0.5) is 13.2 Å². The fourth-order valence-corrected chi connectivity index (χ4v) is 4.39. The van der Waals surface area contributed by atoms with Crippen molar-refractivity contribution < 1.29 is 18.0 Å². The fourth-order valence-electron chi connectivity index (χ4n) is 4.39. The van der Waals surface area contributed by atoms with Crippen LogP contribution >= 0.6 is 0 Å². The molecule has 2 fully saturated rings. The highest BCUT2D eigenvalue weighted by molar-refractivity contribution is 5.90. The number of carbonyl (C=O) groups excluding carboxylic acids is 1. The van der Waals surface area contributed by atoms with Gasteiger partial charge in [0.15, 0.2) is 0 Å². The Hall–Kier alpha value is -2.50. The maximum Gasteiger partial charge on any atom is 0.451 e. The molecule has 2 saturated carbocycles. The van der Waals surface area contributed by atoms with Gasteiger partial charge in [-0.1, -0.05) is 6.42 Å². The number of aromatic nitrogens is 6. The summed E-state index contributed by atoms with van der Waals surface area (Å²) in [5.41, 5.74) is 6.11. The monoisotopic (exact) mass is 398 g/mol. The van der Waals surface area contributed by atoms with Crippen LogP contribution in [0.15, 0.2) is 0 Å². The van der Waals surface area contributed by atoms with Crippen molar-refractivity contribution in [3.63, 3.8) is 0 Å². The van der Waals surface area contributed by atoms with E-state index in [4.69, 9.17) is 5.73 Å². The van der Waals surface area contributed by atoms with E-state index in [1.165, 1.54) is 6.92 Å². The molecule has 152 valence electrons. The minimum absolute atomic E-state index is 0.0219. The van der Waals surface area contributed by atoms with E-state index in [9.17, 15) is 18.0 Å². The standard InChI is InChI=1S/C16H21F3N8O/c1-7-21-12(26-27(7)15-23-14(24-25-15)16(17,18)19)13(28)22-11-8-3-2-4-9(11)6-10(20)5-8/h8-11H,2-6,20H2,1H3,(H,22,28)(H,23,24,25). The summed E-state index contributed by atoms with van der Waals surface area (Å²) in [4.78, 5) is 20.1. The zero-order valence-corrected chi connectivity index (χ0v) is 15.2. The van der Waals surface area contributed by atoms with Crippen LogP contribution in [0, 0.1) is 18.8 Å². The van der Waals surface area contributed by atoms with Gasteiger partial charge >= 0.3 is 6.18 Å². The highest BCUT2D eigenvalue weighted by atomic mass is 19.4. The second-order valence-electron chi connectivity index (χ2n) is 7.56. The summed E-state index contributed by atoms with van der Waals surface area (Å²) in [7, 11) is 0. The summed E-state index contributed by atoms with van der Waals surface area (Å²) in [6.45, 7) is 1.52. The van der Waals surface area contributed by atoms with Gasteiger partial charge in [0.2, 0.25) is 11.6 Å². The minimum Gasteiger partial charge on any atom is -0.346 e. The number of hydrogen-bond donors (Lipinski definition) is 3. The molecule has 28 heavy (non-hydrogen) atoms. The highest BCUT2D eigenvalue weighted by Gasteiger charge is 2.40. The molecule has 2 aliphatic carbocycles. The number of hydrogen-bond acceptors (Lipinski definition) is 6. The third kappa shape index (κ3) is 3.48. The van der Waals surface area contributed by atoms with Crippen molar-refractivity contribution in [3.8, 4) is 5.95 Å². The Morgan fingerprint density at radius 3 is 2.54 bits per heavy atom. The molecule has 0 radical (unpaired) electrons. The summed E-state index contributed by atoms with van der Waals surface area (Å²) in [6.07, 6.45) is 0.271. The molecule has 0 saturated heterocycles. The number of rotatable bonds is 3. The summed E-state index contributed by atoms with van der Waals surface area (Å²) in [6, 6.07) is 0.185. The van der Waals surface area contributed by atoms with Crippen LogP contribution in [0.1, 0.15) is 54.4 Å². The van der Waals surface area contributed by atoms with Crippen LogP contribution in [0.5, 0.6) is 0 Å². The number of halogens is 3. The highest BCUT2D eigenvalue weighted by Crippen LogP contribution is 2.39. The van der Waals surface area contributed by atoms with Gasteiger partial charge in [0.05, 0.1) is 0 Å². The number of H-pyrrole nitrogens is 1. The van der Waals surface area contributed by atoms with Crippen LogP contribution in [-0.4, -0.2) is 47.9 Å². The van der Waals surface area contributed by atoms with E-state index in [2.05, 4.69) is 25.5 Å². The first-order chi connectivity index (χ1) is 13.2. The van der Waals surface area contributed by atoms with Crippen molar-refractivity contribution in [2.75, 3.05) is 0 Å². The van der Waals surface area contributed by atoms with E-state index in [0.717, 1.165) is 36.8 Å². The van der Waals surface area contributed by atoms with Crippen molar-refractivity contribution >= 4 is 5.91 Å². The Morgan fingerprint density at radius 1 is 1.25 bits per heavy atom. The molecule has 2 unspecified atom stereocenters. The number of carbonyl (C=O) groups is 1. The molecule has 4 rings (SSSR count). The first-order valence-corrected chi connectivity index (χ1v) is 9.22. The molecule has 1 amide bonds. The molecule has 4 N–H and O–H groups in total. The number of fused-ring (bicyclic) bond motifs is 2. The van der Waals surface area contributed by atoms with Gasteiger partial charge in [-0.2, -0.15) is 22.8 Å². The SMILES string of the molecule is Cc1nc(C(=O)NC2C3CCCC2CC(N)C3)nn1-c1n[nH]c(C(F)(F)F)n1. The molecule has 2 aromatic heterocycles. The first-order valence-electron chi connectivity index (χ1n) is 9.22. The van der Waals surface area contributed by atoms with Gasteiger partial charge in [0, 0.05) is 12.1 Å². The molecule has 2 atom stereocenters. The van der Waals surface area contributed by atoms with Gasteiger partial charge in [0.1, 0.15) is 5.82 Å². The number of nitrogens with zero attached hydrogens (tertiary/aromatic N) is 5. The molecule has 0 spiro atoms. The number of nitrogens with one attached hydrogen (secondary N) is 2. The van der Waals surface area contributed by atoms with E-state index in [-0.39, 0.29) is 29.7 Å². The normalized spacial score (nSPS) is 27.6. The molecule has 0 aliphatic heterocycles.